The molecule has 3 aromatic rings. The summed E-state index contributed by atoms with van der Waals surface area (Å²) in [6, 6.07) is 13.8. The Hall–Kier alpha value is -3.59. The van der Waals surface area contributed by atoms with Gasteiger partial charge in [-0.3, -0.25) is 9.36 Å². The van der Waals surface area contributed by atoms with Crippen molar-refractivity contribution >= 4 is 29.8 Å². The monoisotopic (exact) mass is 441 g/mol. The molecule has 2 N–H and O–H groups in total. The third-order valence-corrected chi connectivity index (χ3v) is 5.33. The van der Waals surface area contributed by atoms with Crippen LogP contribution in [0.3, 0.4) is 0 Å². The number of carbonyl (C=O) groups excluding carboxylic acids is 2. The van der Waals surface area contributed by atoms with Gasteiger partial charge in [0.05, 0.1) is 38.4 Å². The van der Waals surface area contributed by atoms with E-state index >= 15 is 0 Å². The number of benzene rings is 2. The number of esters is 1. The molecule has 3 rings (SSSR count). The Labute approximate surface area is 184 Å². The van der Waals surface area contributed by atoms with Crippen molar-refractivity contribution in [3.05, 3.63) is 70.1 Å². The number of methoxy groups -OCH3 is 2. The number of hydrogen-bond donors (Lipinski definition) is 2. The first-order chi connectivity index (χ1) is 14.8. The van der Waals surface area contributed by atoms with E-state index in [2.05, 4.69) is 10.1 Å². The molecule has 0 aliphatic carbocycles. The Morgan fingerprint density at radius 2 is 1.71 bits per heavy atom. The highest BCUT2D eigenvalue weighted by atomic mass is 32.1. The molecule has 31 heavy (non-hydrogen) atoms. The fourth-order valence-electron chi connectivity index (χ4n) is 3.12. The van der Waals surface area contributed by atoms with E-state index in [9.17, 15) is 14.7 Å². The van der Waals surface area contributed by atoms with E-state index in [-0.39, 0.29) is 18.2 Å². The van der Waals surface area contributed by atoms with E-state index in [0.717, 1.165) is 11.3 Å². The minimum Gasteiger partial charge on any atom is -0.497 e. The zero-order valence-electron chi connectivity index (χ0n) is 17.4. The lowest BCUT2D eigenvalue weighted by Gasteiger charge is -2.10. The first-order valence-corrected chi connectivity index (χ1v) is 9.83. The van der Waals surface area contributed by atoms with Crippen LogP contribution in [0.15, 0.2) is 48.5 Å². The summed E-state index contributed by atoms with van der Waals surface area (Å²) in [5.41, 5.74) is 2.26. The topological polar surface area (TPSA) is 94.7 Å². The lowest BCUT2D eigenvalue weighted by Crippen LogP contribution is -2.17. The highest BCUT2D eigenvalue weighted by Gasteiger charge is 2.19. The summed E-state index contributed by atoms with van der Waals surface area (Å²) in [6.45, 7) is 0.396. The Kier molecular flexibility index (Phi) is 6.76. The van der Waals surface area contributed by atoms with Gasteiger partial charge in [-0.25, -0.2) is 4.79 Å². The summed E-state index contributed by atoms with van der Waals surface area (Å²) in [7, 11) is 4.55. The average molecular weight is 442 g/mol. The van der Waals surface area contributed by atoms with Gasteiger partial charge >= 0.3 is 5.97 Å². The highest BCUT2D eigenvalue weighted by Crippen LogP contribution is 2.23. The molecule has 0 atom stereocenters. The SMILES string of the molecule is COC(=O)c1ccc(NC(=O)Cc2c(O)n(C)c(=S)n2Cc2ccc(OC)cc2)cc1. The molecule has 1 aromatic heterocycles. The Balaban J connectivity index is 1.78. The molecule has 0 saturated heterocycles. The molecule has 0 aliphatic heterocycles. The van der Waals surface area contributed by atoms with Crippen molar-refractivity contribution in [3.8, 4) is 11.6 Å². The number of nitrogens with one attached hydrogen (secondary N) is 1. The molecule has 0 aliphatic rings. The lowest BCUT2D eigenvalue weighted by molar-refractivity contribution is -0.115. The molecule has 1 heterocycles. The molecule has 2 aromatic carbocycles. The number of nitrogens with zero attached hydrogens (tertiary/aromatic N) is 2. The Morgan fingerprint density at radius 3 is 2.29 bits per heavy atom. The summed E-state index contributed by atoms with van der Waals surface area (Å²) in [6.07, 6.45) is -0.0782. The van der Waals surface area contributed by atoms with E-state index < -0.39 is 5.97 Å². The van der Waals surface area contributed by atoms with Crippen LogP contribution in [0.5, 0.6) is 11.6 Å². The number of imidazole rings is 1. The van der Waals surface area contributed by atoms with Gasteiger partial charge in [0.2, 0.25) is 11.8 Å². The number of rotatable bonds is 7. The molecular weight excluding hydrogens is 418 g/mol. The number of ether oxygens (including phenoxy) is 2. The molecular formula is C22H23N3O5S. The molecule has 0 unspecified atom stereocenters. The summed E-state index contributed by atoms with van der Waals surface area (Å²) in [5.74, 6) is -0.106. The maximum absolute atomic E-state index is 12.6. The molecule has 0 bridgehead atoms. The predicted molar refractivity (Wildman–Crippen MR) is 118 cm³/mol. The summed E-state index contributed by atoms with van der Waals surface area (Å²) in [5, 5.41) is 13.3. The second kappa shape index (κ2) is 9.48. The van der Waals surface area contributed by atoms with Crippen LogP contribution in [0.4, 0.5) is 5.69 Å². The quantitative estimate of drug-likeness (QED) is 0.432. The fraction of sp³-hybridized carbons (Fsp3) is 0.227. The zero-order chi connectivity index (χ0) is 22.5. The smallest absolute Gasteiger partial charge is 0.337 e. The van der Waals surface area contributed by atoms with Gasteiger partial charge in [0.1, 0.15) is 5.75 Å². The second-order valence-corrected chi connectivity index (χ2v) is 7.21. The second-order valence-electron chi connectivity index (χ2n) is 6.84. The van der Waals surface area contributed by atoms with Crippen molar-refractivity contribution in [2.45, 2.75) is 13.0 Å². The lowest BCUT2D eigenvalue weighted by atomic mass is 10.2. The van der Waals surface area contributed by atoms with E-state index in [1.54, 1.807) is 43.0 Å². The Bertz CT molecular complexity index is 1150. The third kappa shape index (κ3) is 4.95. The number of aromatic nitrogens is 2. The van der Waals surface area contributed by atoms with Crippen LogP contribution in [0.1, 0.15) is 21.6 Å². The van der Waals surface area contributed by atoms with Gasteiger partial charge in [-0.1, -0.05) is 12.1 Å². The van der Waals surface area contributed by atoms with Gasteiger partial charge in [0.15, 0.2) is 4.77 Å². The fourth-order valence-corrected chi connectivity index (χ4v) is 3.38. The van der Waals surface area contributed by atoms with Gasteiger partial charge in [0, 0.05) is 12.7 Å². The van der Waals surface area contributed by atoms with Crippen LogP contribution in [-0.2, 0) is 29.5 Å². The van der Waals surface area contributed by atoms with E-state index in [1.165, 1.54) is 11.7 Å². The van der Waals surface area contributed by atoms with Crippen LogP contribution >= 0.6 is 12.2 Å². The van der Waals surface area contributed by atoms with Gasteiger partial charge in [-0.05, 0) is 54.2 Å². The number of aromatic hydroxyl groups is 1. The van der Waals surface area contributed by atoms with Crippen molar-refractivity contribution in [2.24, 2.45) is 7.05 Å². The standard InChI is InChI=1S/C22H23N3O5S/c1-24-20(27)18(25(22(24)31)13-14-4-10-17(29-2)11-5-14)12-19(26)23-16-8-6-15(7-9-16)21(28)30-3/h4-11,27H,12-13H2,1-3H3,(H,23,26). The zero-order valence-corrected chi connectivity index (χ0v) is 18.2. The Morgan fingerprint density at radius 1 is 1.06 bits per heavy atom. The summed E-state index contributed by atoms with van der Waals surface area (Å²) in [4.78, 5) is 24.2. The molecule has 9 heteroatoms. The van der Waals surface area contributed by atoms with Crippen LogP contribution in [-0.4, -0.2) is 40.3 Å². The normalized spacial score (nSPS) is 10.5. The largest absolute Gasteiger partial charge is 0.497 e. The molecule has 0 fully saturated rings. The molecule has 8 nitrogen and oxygen atoms in total. The summed E-state index contributed by atoms with van der Waals surface area (Å²) < 4.78 is 13.4. The summed E-state index contributed by atoms with van der Waals surface area (Å²) >= 11 is 5.45. The number of anilines is 1. The van der Waals surface area contributed by atoms with Crippen LogP contribution < -0.4 is 10.1 Å². The van der Waals surface area contributed by atoms with Crippen LogP contribution in [0, 0.1) is 4.77 Å². The van der Waals surface area contributed by atoms with Gasteiger partial charge < -0.3 is 24.5 Å². The molecule has 1 amide bonds. The maximum atomic E-state index is 12.6. The van der Waals surface area contributed by atoms with Crippen molar-refractivity contribution in [3.63, 3.8) is 0 Å². The van der Waals surface area contributed by atoms with Crippen molar-refractivity contribution in [1.82, 2.24) is 9.13 Å². The minimum atomic E-state index is -0.454. The minimum absolute atomic E-state index is 0.0605. The van der Waals surface area contributed by atoms with Crippen molar-refractivity contribution < 1.29 is 24.2 Å². The van der Waals surface area contributed by atoms with E-state index in [1.807, 2.05) is 24.3 Å². The number of amides is 1. The van der Waals surface area contributed by atoms with Crippen molar-refractivity contribution in [1.29, 1.82) is 0 Å². The van der Waals surface area contributed by atoms with Crippen molar-refractivity contribution in [2.75, 3.05) is 19.5 Å². The van der Waals surface area contributed by atoms with E-state index in [0.29, 0.717) is 28.3 Å². The van der Waals surface area contributed by atoms with Gasteiger partial charge in [0.25, 0.3) is 0 Å². The number of carbonyl (C=O) groups is 2. The number of hydrogen-bond acceptors (Lipinski definition) is 6. The van der Waals surface area contributed by atoms with Gasteiger partial charge in [-0.2, -0.15) is 0 Å². The molecule has 0 radical (unpaired) electrons. The molecule has 0 saturated carbocycles. The third-order valence-electron chi connectivity index (χ3n) is 4.84. The molecule has 162 valence electrons. The average Bonchev–Trinajstić information content (AvgIpc) is 2.98. The maximum Gasteiger partial charge on any atom is 0.337 e. The predicted octanol–water partition coefficient (Wildman–Crippen LogP) is 3.29. The first-order valence-electron chi connectivity index (χ1n) is 9.42. The first kappa shape index (κ1) is 22.1. The van der Waals surface area contributed by atoms with E-state index in [4.69, 9.17) is 17.0 Å². The van der Waals surface area contributed by atoms with Crippen LogP contribution in [0.2, 0.25) is 0 Å². The van der Waals surface area contributed by atoms with Crippen LogP contribution in [0.25, 0.3) is 0 Å². The van der Waals surface area contributed by atoms with Gasteiger partial charge in [-0.15, -0.1) is 0 Å². The highest BCUT2D eigenvalue weighted by molar-refractivity contribution is 7.71. The molecule has 0 spiro atoms.